The van der Waals surface area contributed by atoms with E-state index in [1.807, 2.05) is 31.2 Å². The maximum absolute atomic E-state index is 14.5. The summed E-state index contributed by atoms with van der Waals surface area (Å²) in [5.74, 6) is -0.313. The Morgan fingerprint density at radius 2 is 1.76 bits per heavy atom. The van der Waals surface area contributed by atoms with E-state index in [4.69, 9.17) is 4.99 Å². The summed E-state index contributed by atoms with van der Waals surface area (Å²) in [5.41, 5.74) is 2.88. The summed E-state index contributed by atoms with van der Waals surface area (Å²) >= 11 is 0. The molecule has 0 spiro atoms. The molecule has 1 N–H and O–H groups in total. The van der Waals surface area contributed by atoms with Crippen LogP contribution < -0.4 is 5.32 Å². The standard InChI is InChI=1S/C28H27FN4O4S/c1-18-5-3-7-21(15-18)27-31-25(19-9-11-23(12-10-19)38(2,36)37)26(20-6-4-8-22(29)16-20)33(27)28(35)32-14-13-30-24(34)17-32/h3-12,15-16,25-26H,13-14,17H2,1-2H3,(H,30,34). The Morgan fingerprint density at radius 1 is 1.03 bits per heavy atom. The number of rotatable bonds is 4. The summed E-state index contributed by atoms with van der Waals surface area (Å²) in [6, 6.07) is 18.2. The van der Waals surface area contributed by atoms with Gasteiger partial charge in [0, 0.05) is 24.9 Å². The molecule has 1 saturated heterocycles. The number of aryl methyl sites for hydroxylation is 1. The van der Waals surface area contributed by atoms with Crippen molar-refractivity contribution in [2.45, 2.75) is 23.9 Å². The number of piperazine rings is 1. The van der Waals surface area contributed by atoms with Crippen molar-refractivity contribution in [1.82, 2.24) is 15.1 Å². The summed E-state index contributed by atoms with van der Waals surface area (Å²) in [6.07, 6.45) is 1.14. The molecular weight excluding hydrogens is 507 g/mol. The van der Waals surface area contributed by atoms with Crippen LogP contribution in [0.5, 0.6) is 0 Å². The number of amidine groups is 1. The van der Waals surface area contributed by atoms with Crippen LogP contribution >= 0.6 is 0 Å². The lowest BCUT2D eigenvalue weighted by atomic mass is 9.93. The highest BCUT2D eigenvalue weighted by Crippen LogP contribution is 2.44. The molecule has 3 aromatic carbocycles. The molecule has 3 aromatic rings. The van der Waals surface area contributed by atoms with Crippen molar-refractivity contribution in [1.29, 1.82) is 0 Å². The predicted octanol–water partition coefficient (Wildman–Crippen LogP) is 3.63. The number of nitrogens with one attached hydrogen (secondary N) is 1. The third-order valence-corrected chi connectivity index (χ3v) is 7.83. The molecule has 2 heterocycles. The van der Waals surface area contributed by atoms with E-state index in [0.29, 0.717) is 35.6 Å². The van der Waals surface area contributed by atoms with Crippen LogP contribution in [0.15, 0.2) is 82.7 Å². The minimum atomic E-state index is -3.41. The SMILES string of the molecule is Cc1cccc(C2=NC(c3ccc(S(C)(=O)=O)cc3)C(c3cccc(F)c3)N2C(=O)N2CCNC(=O)C2)c1. The fourth-order valence-corrected chi connectivity index (χ4v) is 5.52. The normalized spacial score (nSPS) is 19.8. The topological polar surface area (TPSA) is 99.2 Å². The Balaban J connectivity index is 1.68. The van der Waals surface area contributed by atoms with E-state index >= 15 is 0 Å². The van der Waals surface area contributed by atoms with Crippen molar-refractivity contribution in [3.05, 3.63) is 101 Å². The van der Waals surface area contributed by atoms with E-state index in [1.165, 1.54) is 34.1 Å². The molecule has 10 heteroatoms. The second-order valence-electron chi connectivity index (χ2n) is 9.53. The lowest BCUT2D eigenvalue weighted by Gasteiger charge is -2.35. The highest BCUT2D eigenvalue weighted by atomic mass is 32.2. The average molecular weight is 535 g/mol. The average Bonchev–Trinajstić information content (AvgIpc) is 3.28. The first-order chi connectivity index (χ1) is 18.1. The van der Waals surface area contributed by atoms with E-state index in [-0.39, 0.29) is 17.3 Å². The van der Waals surface area contributed by atoms with Crippen molar-refractivity contribution in [2.75, 3.05) is 25.9 Å². The van der Waals surface area contributed by atoms with E-state index < -0.39 is 33.8 Å². The van der Waals surface area contributed by atoms with Gasteiger partial charge in [-0.15, -0.1) is 0 Å². The van der Waals surface area contributed by atoms with Crippen molar-refractivity contribution >= 4 is 27.6 Å². The van der Waals surface area contributed by atoms with Crippen molar-refractivity contribution < 1.29 is 22.4 Å². The highest BCUT2D eigenvalue weighted by molar-refractivity contribution is 7.90. The number of hydrogen-bond acceptors (Lipinski definition) is 5. The number of nitrogens with zero attached hydrogens (tertiary/aromatic N) is 3. The van der Waals surface area contributed by atoms with Crippen molar-refractivity contribution in [2.24, 2.45) is 4.99 Å². The molecule has 3 amide bonds. The molecule has 0 radical (unpaired) electrons. The van der Waals surface area contributed by atoms with Crippen LogP contribution in [0.25, 0.3) is 0 Å². The molecule has 8 nitrogen and oxygen atoms in total. The number of carbonyl (C=O) groups is 2. The summed E-state index contributed by atoms with van der Waals surface area (Å²) < 4.78 is 38.6. The number of hydrogen-bond donors (Lipinski definition) is 1. The van der Waals surface area contributed by atoms with Crippen molar-refractivity contribution in [3.63, 3.8) is 0 Å². The molecule has 0 aliphatic carbocycles. The van der Waals surface area contributed by atoms with Gasteiger partial charge < -0.3 is 10.2 Å². The zero-order chi connectivity index (χ0) is 27.0. The number of benzene rings is 3. The van der Waals surface area contributed by atoms with Gasteiger partial charge in [-0.3, -0.25) is 14.7 Å². The monoisotopic (exact) mass is 534 g/mol. The first-order valence-electron chi connectivity index (χ1n) is 12.2. The molecule has 0 bridgehead atoms. The summed E-state index contributed by atoms with van der Waals surface area (Å²) in [7, 11) is -3.41. The number of carbonyl (C=O) groups excluding carboxylic acids is 2. The minimum Gasteiger partial charge on any atom is -0.353 e. The largest absolute Gasteiger partial charge is 0.353 e. The quantitative estimate of drug-likeness (QED) is 0.553. The molecule has 5 rings (SSSR count). The van der Waals surface area contributed by atoms with Gasteiger partial charge in [-0.25, -0.2) is 17.6 Å². The molecule has 0 saturated carbocycles. The lowest BCUT2D eigenvalue weighted by Crippen LogP contribution is -2.55. The van der Waals surface area contributed by atoms with E-state index in [2.05, 4.69) is 5.32 Å². The second kappa shape index (κ2) is 10.0. The van der Waals surface area contributed by atoms with Gasteiger partial charge in [-0.05, 0) is 48.4 Å². The fraction of sp³-hybridized carbons (Fsp3) is 0.250. The van der Waals surface area contributed by atoms with Crippen LogP contribution in [-0.2, 0) is 14.6 Å². The number of aliphatic imine (C=N–C) groups is 1. The van der Waals surface area contributed by atoms with Gasteiger partial charge in [0.05, 0.1) is 10.9 Å². The van der Waals surface area contributed by atoms with Gasteiger partial charge in [0.1, 0.15) is 24.2 Å². The summed E-state index contributed by atoms with van der Waals surface area (Å²) in [4.78, 5) is 34.3. The highest BCUT2D eigenvalue weighted by Gasteiger charge is 2.44. The van der Waals surface area contributed by atoms with E-state index in [9.17, 15) is 22.4 Å². The van der Waals surface area contributed by atoms with Crippen LogP contribution in [0.4, 0.5) is 9.18 Å². The number of urea groups is 1. The molecule has 1 fully saturated rings. The summed E-state index contributed by atoms with van der Waals surface area (Å²) in [6.45, 7) is 2.49. The summed E-state index contributed by atoms with van der Waals surface area (Å²) in [5, 5.41) is 2.73. The zero-order valence-corrected chi connectivity index (χ0v) is 21.8. The minimum absolute atomic E-state index is 0.0972. The van der Waals surface area contributed by atoms with Gasteiger partial charge in [0.25, 0.3) is 0 Å². The van der Waals surface area contributed by atoms with Gasteiger partial charge in [-0.1, -0.05) is 48.0 Å². The van der Waals surface area contributed by atoms with E-state index in [1.54, 1.807) is 24.3 Å². The molecule has 2 atom stereocenters. The predicted molar refractivity (Wildman–Crippen MR) is 141 cm³/mol. The zero-order valence-electron chi connectivity index (χ0n) is 21.0. The van der Waals surface area contributed by atoms with Crippen LogP contribution in [0.3, 0.4) is 0 Å². The maximum atomic E-state index is 14.5. The molecule has 0 aromatic heterocycles. The van der Waals surface area contributed by atoms with Crippen molar-refractivity contribution in [3.8, 4) is 0 Å². The molecule has 196 valence electrons. The Morgan fingerprint density at radius 3 is 2.42 bits per heavy atom. The first-order valence-corrected chi connectivity index (χ1v) is 14.1. The van der Waals surface area contributed by atoms with Gasteiger partial charge in [-0.2, -0.15) is 0 Å². The Labute approximate surface area is 220 Å². The van der Waals surface area contributed by atoms with Gasteiger partial charge in [0.2, 0.25) is 5.91 Å². The Kier molecular flexibility index (Phi) is 6.75. The Bertz CT molecular complexity index is 1540. The number of halogens is 1. The molecular formula is C28H27FN4O4S. The van der Waals surface area contributed by atoms with Crippen LogP contribution in [-0.4, -0.2) is 61.9 Å². The third kappa shape index (κ3) is 5.04. The molecule has 38 heavy (non-hydrogen) atoms. The number of amides is 3. The smallest absolute Gasteiger partial charge is 0.326 e. The third-order valence-electron chi connectivity index (χ3n) is 6.70. The molecule has 2 aliphatic heterocycles. The first kappa shape index (κ1) is 25.6. The van der Waals surface area contributed by atoms with Gasteiger partial charge in [0.15, 0.2) is 9.84 Å². The van der Waals surface area contributed by atoms with Gasteiger partial charge >= 0.3 is 6.03 Å². The fourth-order valence-electron chi connectivity index (χ4n) is 4.89. The van der Waals surface area contributed by atoms with E-state index in [0.717, 1.165) is 11.8 Å². The number of sulfone groups is 1. The van der Waals surface area contributed by atoms with Crippen LogP contribution in [0, 0.1) is 12.7 Å². The molecule has 2 aliphatic rings. The second-order valence-corrected chi connectivity index (χ2v) is 11.5. The van der Waals surface area contributed by atoms with Crippen LogP contribution in [0.1, 0.15) is 34.3 Å². The maximum Gasteiger partial charge on any atom is 0.326 e. The van der Waals surface area contributed by atoms with Crippen LogP contribution in [0.2, 0.25) is 0 Å². The molecule has 2 unspecified atom stereocenters. The Hall–Kier alpha value is -4.05. The lowest BCUT2D eigenvalue weighted by molar-refractivity contribution is -0.123.